The number of hydrogen-bond donors (Lipinski definition) is 3. The van der Waals surface area contributed by atoms with Crippen LogP contribution >= 0.6 is 0 Å². The average Bonchev–Trinajstić information content (AvgIpc) is 2.90. The number of H-pyrrole nitrogens is 1. The summed E-state index contributed by atoms with van der Waals surface area (Å²) in [5.41, 5.74) is 1.88. The Hall–Kier alpha value is -2.63. The third-order valence-electron chi connectivity index (χ3n) is 2.89. The topological polar surface area (TPSA) is 86.7 Å². The fourth-order valence-corrected chi connectivity index (χ4v) is 1.89. The molecule has 0 saturated heterocycles. The first-order valence-corrected chi connectivity index (χ1v) is 5.99. The minimum Gasteiger partial charge on any atom is -0.508 e. The molecule has 0 aliphatic rings. The summed E-state index contributed by atoms with van der Waals surface area (Å²) >= 11 is 0. The van der Waals surface area contributed by atoms with E-state index in [1.165, 1.54) is 6.33 Å². The van der Waals surface area contributed by atoms with Gasteiger partial charge in [-0.05, 0) is 24.1 Å². The number of nitrogens with one attached hydrogen (secondary N) is 2. The van der Waals surface area contributed by atoms with Gasteiger partial charge in [0.15, 0.2) is 5.65 Å². The Labute approximate surface area is 109 Å². The molecule has 0 radical (unpaired) electrons. The van der Waals surface area contributed by atoms with Crippen molar-refractivity contribution in [2.24, 2.45) is 0 Å². The molecular formula is C13H13N5O. The molecule has 0 fully saturated rings. The van der Waals surface area contributed by atoms with Crippen molar-refractivity contribution in [2.75, 3.05) is 11.9 Å². The number of aromatic nitrogens is 4. The van der Waals surface area contributed by atoms with Crippen LogP contribution < -0.4 is 5.32 Å². The number of phenolic OH excluding ortho intramolecular Hbond substituents is 1. The van der Waals surface area contributed by atoms with Crippen LogP contribution in [0.15, 0.2) is 36.8 Å². The molecule has 3 rings (SSSR count). The zero-order valence-corrected chi connectivity index (χ0v) is 10.2. The lowest BCUT2D eigenvalue weighted by Crippen LogP contribution is -2.06. The number of fused-ring (bicyclic) bond motifs is 1. The second kappa shape index (κ2) is 4.93. The van der Waals surface area contributed by atoms with E-state index in [9.17, 15) is 5.11 Å². The number of phenols is 1. The van der Waals surface area contributed by atoms with Gasteiger partial charge in [-0.3, -0.25) is 5.10 Å². The van der Waals surface area contributed by atoms with Gasteiger partial charge in [0.05, 0.1) is 11.6 Å². The summed E-state index contributed by atoms with van der Waals surface area (Å²) in [4.78, 5) is 8.28. The third kappa shape index (κ3) is 2.47. The van der Waals surface area contributed by atoms with Gasteiger partial charge in [0.2, 0.25) is 0 Å². The lowest BCUT2D eigenvalue weighted by molar-refractivity contribution is 0.475. The smallest absolute Gasteiger partial charge is 0.160 e. The van der Waals surface area contributed by atoms with Gasteiger partial charge in [-0.2, -0.15) is 5.10 Å². The lowest BCUT2D eigenvalue weighted by atomic mass is 10.1. The summed E-state index contributed by atoms with van der Waals surface area (Å²) in [5.74, 6) is 1.06. The van der Waals surface area contributed by atoms with Crippen LogP contribution in [-0.4, -0.2) is 31.8 Å². The van der Waals surface area contributed by atoms with Crippen LogP contribution in [0.5, 0.6) is 5.75 Å². The van der Waals surface area contributed by atoms with E-state index in [1.54, 1.807) is 18.3 Å². The monoisotopic (exact) mass is 255 g/mol. The first-order valence-electron chi connectivity index (χ1n) is 5.99. The number of nitrogens with zero attached hydrogens (tertiary/aromatic N) is 3. The predicted molar refractivity (Wildman–Crippen MR) is 72.0 cm³/mol. The van der Waals surface area contributed by atoms with Crippen molar-refractivity contribution in [2.45, 2.75) is 6.42 Å². The molecule has 96 valence electrons. The van der Waals surface area contributed by atoms with E-state index in [2.05, 4.69) is 25.5 Å². The molecule has 0 aliphatic heterocycles. The van der Waals surface area contributed by atoms with Gasteiger partial charge < -0.3 is 10.4 Å². The van der Waals surface area contributed by atoms with Crippen LogP contribution in [0, 0.1) is 0 Å². The van der Waals surface area contributed by atoms with Crippen molar-refractivity contribution in [1.82, 2.24) is 20.2 Å². The summed E-state index contributed by atoms with van der Waals surface area (Å²) in [5, 5.41) is 20.1. The molecule has 3 N–H and O–H groups in total. The van der Waals surface area contributed by atoms with Gasteiger partial charge >= 0.3 is 0 Å². The maximum atomic E-state index is 9.21. The van der Waals surface area contributed by atoms with Crippen molar-refractivity contribution in [1.29, 1.82) is 0 Å². The normalized spacial score (nSPS) is 10.7. The highest BCUT2D eigenvalue weighted by Gasteiger charge is 2.04. The van der Waals surface area contributed by atoms with Crippen molar-refractivity contribution in [3.05, 3.63) is 42.4 Å². The van der Waals surface area contributed by atoms with Gasteiger partial charge in [0, 0.05) is 6.54 Å². The Morgan fingerprint density at radius 2 is 2.00 bits per heavy atom. The molecule has 0 saturated carbocycles. The highest BCUT2D eigenvalue weighted by atomic mass is 16.3. The van der Waals surface area contributed by atoms with Crippen LogP contribution in [0.3, 0.4) is 0 Å². The average molecular weight is 255 g/mol. The molecule has 6 heteroatoms. The Bertz CT molecular complexity index is 677. The molecule has 2 heterocycles. The molecule has 0 unspecified atom stereocenters. The lowest BCUT2D eigenvalue weighted by Gasteiger charge is -2.06. The first kappa shape index (κ1) is 11.5. The Kier molecular flexibility index (Phi) is 2.97. The van der Waals surface area contributed by atoms with Crippen LogP contribution in [0.2, 0.25) is 0 Å². The standard InChI is InChI=1S/C13H13N5O/c19-10-3-1-9(2-4-10)5-6-14-12-11-7-17-18-13(11)16-8-15-12/h1-4,7-8,19H,5-6H2,(H2,14,15,16,17,18). The molecule has 0 atom stereocenters. The second-order valence-corrected chi connectivity index (χ2v) is 4.20. The summed E-state index contributed by atoms with van der Waals surface area (Å²) in [6.07, 6.45) is 4.06. The molecular weight excluding hydrogens is 242 g/mol. The molecule has 3 aromatic rings. The fraction of sp³-hybridized carbons (Fsp3) is 0.154. The van der Waals surface area contributed by atoms with Crippen molar-refractivity contribution in [3.63, 3.8) is 0 Å². The second-order valence-electron chi connectivity index (χ2n) is 4.20. The summed E-state index contributed by atoms with van der Waals surface area (Å²) < 4.78 is 0. The minimum absolute atomic E-state index is 0.285. The number of benzene rings is 1. The van der Waals surface area contributed by atoms with Gasteiger partial charge in [-0.15, -0.1) is 0 Å². The molecule has 6 nitrogen and oxygen atoms in total. The molecule has 19 heavy (non-hydrogen) atoms. The highest BCUT2D eigenvalue weighted by molar-refractivity contribution is 5.85. The SMILES string of the molecule is Oc1ccc(CCNc2ncnc3[nH]ncc23)cc1. The third-order valence-corrected chi connectivity index (χ3v) is 2.89. The van der Waals surface area contributed by atoms with E-state index < -0.39 is 0 Å². The molecule has 2 aromatic heterocycles. The molecule has 1 aromatic carbocycles. The van der Waals surface area contributed by atoms with Gasteiger partial charge in [-0.25, -0.2) is 9.97 Å². The van der Waals surface area contributed by atoms with Crippen LogP contribution in [-0.2, 0) is 6.42 Å². The van der Waals surface area contributed by atoms with Gasteiger partial charge in [0.1, 0.15) is 17.9 Å². The highest BCUT2D eigenvalue weighted by Crippen LogP contribution is 2.16. The zero-order valence-electron chi connectivity index (χ0n) is 10.2. The number of aromatic amines is 1. The van der Waals surface area contributed by atoms with E-state index in [-0.39, 0.29) is 5.75 Å². The summed E-state index contributed by atoms with van der Waals surface area (Å²) in [6, 6.07) is 7.19. The van der Waals surface area contributed by atoms with E-state index in [1.807, 2.05) is 12.1 Å². The van der Waals surface area contributed by atoms with Crippen molar-refractivity contribution < 1.29 is 5.11 Å². The van der Waals surface area contributed by atoms with E-state index in [0.29, 0.717) is 0 Å². The number of rotatable bonds is 4. The Morgan fingerprint density at radius 3 is 2.84 bits per heavy atom. The number of aromatic hydroxyl groups is 1. The largest absolute Gasteiger partial charge is 0.508 e. The Morgan fingerprint density at radius 1 is 1.16 bits per heavy atom. The van der Waals surface area contributed by atoms with Crippen LogP contribution in [0.4, 0.5) is 5.82 Å². The van der Waals surface area contributed by atoms with Crippen molar-refractivity contribution in [3.8, 4) is 5.75 Å². The Balaban J connectivity index is 1.66. The maximum Gasteiger partial charge on any atom is 0.160 e. The van der Waals surface area contributed by atoms with Crippen LogP contribution in [0.25, 0.3) is 11.0 Å². The van der Waals surface area contributed by atoms with E-state index >= 15 is 0 Å². The quantitative estimate of drug-likeness (QED) is 0.660. The number of anilines is 1. The number of hydrogen-bond acceptors (Lipinski definition) is 5. The van der Waals surface area contributed by atoms with E-state index in [0.717, 1.165) is 35.4 Å². The summed E-state index contributed by atoms with van der Waals surface area (Å²) in [6.45, 7) is 0.752. The predicted octanol–water partition coefficient (Wildman–Crippen LogP) is 1.71. The molecule has 0 spiro atoms. The van der Waals surface area contributed by atoms with Gasteiger partial charge in [-0.1, -0.05) is 12.1 Å². The van der Waals surface area contributed by atoms with E-state index in [4.69, 9.17) is 0 Å². The molecule has 0 aliphatic carbocycles. The molecule has 0 amide bonds. The van der Waals surface area contributed by atoms with Crippen molar-refractivity contribution >= 4 is 16.9 Å². The first-order chi connectivity index (χ1) is 9.33. The summed E-state index contributed by atoms with van der Waals surface area (Å²) in [7, 11) is 0. The fourth-order valence-electron chi connectivity index (χ4n) is 1.89. The maximum absolute atomic E-state index is 9.21. The molecule has 0 bridgehead atoms. The van der Waals surface area contributed by atoms with Crippen LogP contribution in [0.1, 0.15) is 5.56 Å². The minimum atomic E-state index is 0.285. The van der Waals surface area contributed by atoms with Gasteiger partial charge in [0.25, 0.3) is 0 Å². The zero-order chi connectivity index (χ0) is 13.1.